The molecule has 2 atom stereocenters. The third-order valence-corrected chi connectivity index (χ3v) is 7.54. The topological polar surface area (TPSA) is 47.5 Å². The first kappa shape index (κ1) is 20.3. The van der Waals surface area contributed by atoms with Gasteiger partial charge in [-0.25, -0.2) is 4.98 Å². The van der Waals surface area contributed by atoms with Gasteiger partial charge in [0, 0.05) is 29.3 Å². The van der Waals surface area contributed by atoms with Crippen LogP contribution in [0.2, 0.25) is 0 Å². The molecule has 0 unspecified atom stereocenters. The van der Waals surface area contributed by atoms with Crippen LogP contribution in [0, 0.1) is 23.7 Å². The highest BCUT2D eigenvalue weighted by Crippen LogP contribution is 2.32. The van der Waals surface area contributed by atoms with E-state index in [1.54, 1.807) is 11.3 Å². The van der Waals surface area contributed by atoms with Crippen LogP contribution in [0.25, 0.3) is 5.57 Å². The molecule has 0 amide bonds. The van der Waals surface area contributed by atoms with Gasteiger partial charge in [0.2, 0.25) is 0 Å². The van der Waals surface area contributed by atoms with Crippen molar-refractivity contribution in [2.24, 2.45) is 4.99 Å². The molecule has 2 aromatic rings. The highest BCUT2D eigenvalue weighted by atomic mass is 32.1. The molecule has 2 aromatic heterocycles. The average molecular weight is 430 g/mol. The van der Waals surface area contributed by atoms with E-state index in [1.165, 1.54) is 42.0 Å². The summed E-state index contributed by atoms with van der Waals surface area (Å²) in [5.74, 6) is 13.2. The predicted octanol–water partition coefficient (Wildman–Crippen LogP) is 3.92. The van der Waals surface area contributed by atoms with Crippen LogP contribution in [-0.4, -0.2) is 58.7 Å². The molecule has 158 valence electrons. The quantitative estimate of drug-likeness (QED) is 0.753. The average Bonchev–Trinajstić information content (AvgIpc) is 3.55. The highest BCUT2D eigenvalue weighted by molar-refractivity contribution is 7.13. The van der Waals surface area contributed by atoms with Crippen LogP contribution < -0.4 is 0 Å². The summed E-state index contributed by atoms with van der Waals surface area (Å²) in [7, 11) is 4.35. The van der Waals surface area contributed by atoms with Gasteiger partial charge < -0.3 is 4.98 Å². The maximum atomic E-state index is 4.73. The fourth-order valence-corrected chi connectivity index (χ4v) is 5.59. The molecule has 0 aromatic carbocycles. The second kappa shape index (κ2) is 8.85. The van der Waals surface area contributed by atoms with Gasteiger partial charge in [0.15, 0.2) is 0 Å². The summed E-state index contributed by atoms with van der Waals surface area (Å²) >= 11 is 1.72. The molecular formula is C25H27N5S. The molecule has 0 spiro atoms. The van der Waals surface area contributed by atoms with Gasteiger partial charge in [-0.05, 0) is 94.3 Å². The van der Waals surface area contributed by atoms with Gasteiger partial charge in [-0.1, -0.05) is 0 Å². The van der Waals surface area contributed by atoms with Crippen LogP contribution in [-0.2, 0) is 0 Å². The van der Waals surface area contributed by atoms with Crippen molar-refractivity contribution < 1.29 is 0 Å². The minimum Gasteiger partial charge on any atom is -0.334 e. The largest absolute Gasteiger partial charge is 0.334 e. The van der Waals surface area contributed by atoms with Crippen molar-refractivity contribution in [1.29, 1.82) is 0 Å². The molecule has 0 bridgehead atoms. The first-order chi connectivity index (χ1) is 15.2. The number of nitrogens with one attached hydrogen (secondary N) is 1. The molecule has 5 nitrogen and oxygen atoms in total. The minimum absolute atomic E-state index is 0.384. The smallest absolute Gasteiger partial charge is 0.124 e. The molecule has 5 heterocycles. The molecular weight excluding hydrogens is 402 g/mol. The van der Waals surface area contributed by atoms with E-state index in [-0.39, 0.29) is 0 Å². The molecule has 3 aliphatic rings. The SMILES string of the molecule is CN1CCC[C@H]1C1=NC=C(c2ccc(C#CC#Cc3cnc([C@@H]4CCCN4C)[nH]3)s2)C1. The monoisotopic (exact) mass is 429 g/mol. The van der Waals surface area contributed by atoms with Gasteiger partial charge in [0.25, 0.3) is 0 Å². The fraction of sp³-hybridized carbons (Fsp3) is 0.440. The zero-order valence-electron chi connectivity index (χ0n) is 18.1. The number of allylic oxidation sites excluding steroid dienone is 1. The summed E-state index contributed by atoms with van der Waals surface area (Å²) in [5.41, 5.74) is 3.44. The number of thiophene rings is 1. The zero-order chi connectivity index (χ0) is 21.2. The Labute approximate surface area is 188 Å². The summed E-state index contributed by atoms with van der Waals surface area (Å²) in [5, 5.41) is 0. The number of rotatable bonds is 3. The Hall–Kier alpha value is -2.64. The minimum atomic E-state index is 0.384. The standard InChI is InChI=1S/C25H27N5S/c1-29-13-5-9-22(29)21-15-18(16-26-21)24-12-11-20(31-24)8-4-3-7-19-17-27-25(28-19)23-10-6-14-30(23)2/h11-12,16-17,22-23H,5-6,9-10,13-15H2,1-2H3,(H,27,28)/t22-,23-/m0/s1. The second-order valence-corrected chi connectivity index (χ2v) is 9.66. The second-order valence-electron chi connectivity index (χ2n) is 8.57. The van der Waals surface area contributed by atoms with Crippen molar-refractivity contribution >= 4 is 22.6 Å². The van der Waals surface area contributed by atoms with E-state index in [9.17, 15) is 0 Å². The van der Waals surface area contributed by atoms with E-state index in [1.807, 2.05) is 12.4 Å². The van der Waals surface area contributed by atoms with Crippen LogP contribution in [0.5, 0.6) is 0 Å². The summed E-state index contributed by atoms with van der Waals surface area (Å²) < 4.78 is 0. The number of aromatic amines is 1. The predicted molar refractivity (Wildman–Crippen MR) is 127 cm³/mol. The Balaban J connectivity index is 1.19. The van der Waals surface area contributed by atoms with Crippen molar-refractivity contribution in [3.05, 3.63) is 45.8 Å². The number of H-pyrrole nitrogens is 1. The lowest BCUT2D eigenvalue weighted by molar-refractivity contribution is 0.307. The third kappa shape index (κ3) is 4.38. The highest BCUT2D eigenvalue weighted by Gasteiger charge is 2.28. The fourth-order valence-electron chi connectivity index (χ4n) is 4.73. The number of nitrogens with zero attached hydrogens (tertiary/aromatic N) is 4. The molecule has 0 saturated carbocycles. The molecule has 6 heteroatoms. The summed E-state index contributed by atoms with van der Waals surface area (Å²) in [6.07, 6.45) is 9.68. The maximum absolute atomic E-state index is 4.73. The van der Waals surface area contributed by atoms with Crippen LogP contribution in [0.1, 0.15) is 59.4 Å². The molecule has 3 aliphatic heterocycles. The van der Waals surface area contributed by atoms with Crippen molar-refractivity contribution in [2.45, 2.75) is 44.2 Å². The number of aromatic nitrogens is 2. The Kier molecular flexibility index (Phi) is 5.78. The van der Waals surface area contributed by atoms with Gasteiger partial charge in [-0.2, -0.15) is 0 Å². The summed E-state index contributed by atoms with van der Waals surface area (Å²) in [6, 6.07) is 5.14. The number of aliphatic imine (C=N–C) groups is 1. The summed E-state index contributed by atoms with van der Waals surface area (Å²) in [4.78, 5) is 19.6. The van der Waals surface area contributed by atoms with Crippen molar-refractivity contribution in [3.8, 4) is 23.7 Å². The first-order valence-corrected chi connectivity index (χ1v) is 11.8. The van der Waals surface area contributed by atoms with Crippen LogP contribution in [0.15, 0.2) is 29.5 Å². The molecule has 0 radical (unpaired) electrons. The molecule has 5 rings (SSSR count). The van der Waals surface area contributed by atoms with E-state index in [0.717, 1.165) is 35.8 Å². The lowest BCUT2D eigenvalue weighted by atomic mass is 10.0. The number of imidazole rings is 1. The lowest BCUT2D eigenvalue weighted by Crippen LogP contribution is -2.32. The van der Waals surface area contributed by atoms with Crippen LogP contribution in [0.3, 0.4) is 0 Å². The van der Waals surface area contributed by atoms with Gasteiger partial charge in [0.05, 0.1) is 17.1 Å². The van der Waals surface area contributed by atoms with Crippen molar-refractivity contribution in [3.63, 3.8) is 0 Å². The molecule has 1 N–H and O–H groups in total. The first-order valence-electron chi connectivity index (χ1n) is 11.0. The van der Waals surface area contributed by atoms with Gasteiger partial charge >= 0.3 is 0 Å². The third-order valence-electron chi connectivity index (χ3n) is 6.46. The van der Waals surface area contributed by atoms with Crippen molar-refractivity contribution in [1.82, 2.24) is 19.8 Å². The van der Waals surface area contributed by atoms with E-state index in [2.05, 4.69) is 69.7 Å². The van der Waals surface area contributed by atoms with Crippen LogP contribution >= 0.6 is 11.3 Å². The molecule has 2 fully saturated rings. The van der Waals surface area contributed by atoms with Gasteiger partial charge in [-0.15, -0.1) is 11.3 Å². The van der Waals surface area contributed by atoms with E-state index >= 15 is 0 Å². The van der Waals surface area contributed by atoms with Crippen LogP contribution in [0.4, 0.5) is 0 Å². The lowest BCUT2D eigenvalue weighted by Gasteiger charge is -2.19. The number of hydrogen-bond donors (Lipinski definition) is 1. The number of likely N-dealkylation sites (tertiary alicyclic amines) is 2. The Morgan fingerprint density at radius 1 is 1.03 bits per heavy atom. The van der Waals surface area contributed by atoms with Crippen molar-refractivity contribution in [2.75, 3.05) is 27.2 Å². The van der Waals surface area contributed by atoms with Gasteiger partial charge in [0.1, 0.15) is 11.5 Å². The normalized spacial score (nSPS) is 23.8. The number of hydrogen-bond acceptors (Lipinski definition) is 5. The molecule has 31 heavy (non-hydrogen) atoms. The summed E-state index contributed by atoms with van der Waals surface area (Å²) in [6.45, 7) is 2.30. The molecule has 2 saturated heterocycles. The van der Waals surface area contributed by atoms with E-state index in [0.29, 0.717) is 12.1 Å². The van der Waals surface area contributed by atoms with E-state index in [4.69, 9.17) is 4.99 Å². The maximum Gasteiger partial charge on any atom is 0.124 e. The van der Waals surface area contributed by atoms with Gasteiger partial charge in [-0.3, -0.25) is 14.8 Å². The Morgan fingerprint density at radius 2 is 1.81 bits per heavy atom. The van der Waals surface area contributed by atoms with E-state index < -0.39 is 0 Å². The molecule has 0 aliphatic carbocycles. The Morgan fingerprint density at radius 3 is 2.58 bits per heavy atom. The zero-order valence-corrected chi connectivity index (χ0v) is 18.9. The Bertz CT molecular complexity index is 1150.